The Hall–Kier alpha value is -1.78. The lowest BCUT2D eigenvalue weighted by atomic mass is 10.5. The number of hydrogen-bond acceptors (Lipinski definition) is 3. The van der Waals surface area contributed by atoms with Crippen molar-refractivity contribution < 1.29 is 0 Å². The average molecular weight is 177 g/mol. The molecule has 2 heterocycles. The Morgan fingerprint density at radius 1 is 1.62 bits per heavy atom. The molecule has 0 radical (unpaired) electrons. The van der Waals surface area contributed by atoms with Crippen LogP contribution in [0.3, 0.4) is 0 Å². The molecule has 5 heteroatoms. The van der Waals surface area contributed by atoms with Crippen LogP contribution in [0.4, 0.5) is 5.69 Å². The minimum atomic E-state index is 0.693. The maximum Gasteiger partial charge on any atom is 0.125 e. The maximum atomic E-state index is 4.09. The molecule has 0 fully saturated rings. The van der Waals surface area contributed by atoms with Crippen molar-refractivity contribution in [3.8, 4) is 0 Å². The van der Waals surface area contributed by atoms with Gasteiger partial charge in [0.05, 0.1) is 18.4 Å². The summed E-state index contributed by atoms with van der Waals surface area (Å²) in [5.41, 5.74) is 0.999. The molecule has 0 aromatic carbocycles. The first-order chi connectivity index (χ1) is 6.34. The van der Waals surface area contributed by atoms with Crippen LogP contribution >= 0.6 is 0 Å². The van der Waals surface area contributed by atoms with Gasteiger partial charge in [0.2, 0.25) is 0 Å². The molecule has 0 spiro atoms. The van der Waals surface area contributed by atoms with Crippen LogP contribution in [0.1, 0.15) is 5.82 Å². The van der Waals surface area contributed by atoms with E-state index in [9.17, 15) is 0 Å². The van der Waals surface area contributed by atoms with E-state index in [-0.39, 0.29) is 0 Å². The molecule has 0 aliphatic heterocycles. The summed E-state index contributed by atoms with van der Waals surface area (Å²) in [5.74, 6) is 0.920. The monoisotopic (exact) mass is 177 g/mol. The first kappa shape index (κ1) is 7.85. The Labute approximate surface area is 75.8 Å². The molecule has 0 amide bonds. The van der Waals surface area contributed by atoms with Crippen LogP contribution in [-0.2, 0) is 13.6 Å². The number of aryl methyl sites for hydroxylation is 1. The quantitative estimate of drug-likeness (QED) is 0.727. The van der Waals surface area contributed by atoms with Crippen molar-refractivity contribution in [2.75, 3.05) is 5.32 Å². The Kier molecular flexibility index (Phi) is 1.99. The predicted molar refractivity (Wildman–Crippen MR) is 49.1 cm³/mol. The zero-order valence-corrected chi connectivity index (χ0v) is 7.36. The standard InChI is InChI=1S/C8H11N5/c1-13-6-7(4-12-13)11-5-8-9-2-3-10-8/h2-4,6,11H,5H2,1H3,(H,9,10). The van der Waals surface area contributed by atoms with Gasteiger partial charge in [0.25, 0.3) is 0 Å². The van der Waals surface area contributed by atoms with E-state index in [1.807, 2.05) is 13.2 Å². The Balaban J connectivity index is 1.93. The fourth-order valence-corrected chi connectivity index (χ4v) is 1.09. The molecule has 2 aromatic heterocycles. The smallest absolute Gasteiger partial charge is 0.125 e. The highest BCUT2D eigenvalue weighted by Gasteiger charge is 1.96. The van der Waals surface area contributed by atoms with Gasteiger partial charge in [0, 0.05) is 25.6 Å². The largest absolute Gasteiger partial charge is 0.375 e. The van der Waals surface area contributed by atoms with E-state index >= 15 is 0 Å². The van der Waals surface area contributed by atoms with Gasteiger partial charge >= 0.3 is 0 Å². The van der Waals surface area contributed by atoms with Crippen LogP contribution in [0.25, 0.3) is 0 Å². The van der Waals surface area contributed by atoms with Crippen molar-refractivity contribution in [1.29, 1.82) is 0 Å². The minimum Gasteiger partial charge on any atom is -0.375 e. The summed E-state index contributed by atoms with van der Waals surface area (Å²) >= 11 is 0. The lowest BCUT2D eigenvalue weighted by Crippen LogP contribution is -1.99. The first-order valence-electron chi connectivity index (χ1n) is 4.05. The van der Waals surface area contributed by atoms with Gasteiger partial charge in [-0.1, -0.05) is 0 Å². The zero-order valence-electron chi connectivity index (χ0n) is 7.36. The van der Waals surface area contributed by atoms with Gasteiger partial charge in [-0.05, 0) is 0 Å². The molecule has 0 bridgehead atoms. The third-order valence-corrected chi connectivity index (χ3v) is 1.72. The van der Waals surface area contributed by atoms with E-state index < -0.39 is 0 Å². The summed E-state index contributed by atoms with van der Waals surface area (Å²) in [7, 11) is 1.89. The first-order valence-corrected chi connectivity index (χ1v) is 4.05. The number of anilines is 1. The van der Waals surface area contributed by atoms with E-state index in [0.29, 0.717) is 6.54 Å². The third-order valence-electron chi connectivity index (χ3n) is 1.72. The number of hydrogen-bond donors (Lipinski definition) is 2. The second-order valence-corrected chi connectivity index (χ2v) is 2.79. The predicted octanol–water partition coefficient (Wildman–Crippen LogP) is 0.755. The Bertz CT molecular complexity index is 362. The maximum absolute atomic E-state index is 4.09. The van der Waals surface area contributed by atoms with Crippen LogP contribution < -0.4 is 5.32 Å². The van der Waals surface area contributed by atoms with E-state index in [0.717, 1.165) is 11.5 Å². The fourth-order valence-electron chi connectivity index (χ4n) is 1.09. The van der Waals surface area contributed by atoms with Crippen molar-refractivity contribution in [2.45, 2.75) is 6.54 Å². The zero-order chi connectivity index (χ0) is 9.10. The van der Waals surface area contributed by atoms with Crippen molar-refractivity contribution in [3.05, 3.63) is 30.6 Å². The topological polar surface area (TPSA) is 58.5 Å². The number of rotatable bonds is 3. The molecule has 0 aliphatic rings. The summed E-state index contributed by atoms with van der Waals surface area (Å²) in [6, 6.07) is 0. The van der Waals surface area contributed by atoms with E-state index in [1.54, 1.807) is 23.3 Å². The van der Waals surface area contributed by atoms with Crippen molar-refractivity contribution in [3.63, 3.8) is 0 Å². The third kappa shape index (κ3) is 1.87. The summed E-state index contributed by atoms with van der Waals surface area (Å²) in [4.78, 5) is 7.11. The van der Waals surface area contributed by atoms with Crippen LogP contribution in [-0.4, -0.2) is 19.7 Å². The highest BCUT2D eigenvalue weighted by atomic mass is 15.3. The molecule has 0 saturated heterocycles. The number of H-pyrrole nitrogens is 1. The summed E-state index contributed by atoms with van der Waals surface area (Å²) < 4.78 is 1.75. The normalized spacial score (nSPS) is 10.2. The van der Waals surface area contributed by atoms with Gasteiger partial charge in [-0.2, -0.15) is 5.10 Å². The van der Waals surface area contributed by atoms with Crippen molar-refractivity contribution in [2.24, 2.45) is 7.05 Å². The molecular weight excluding hydrogens is 166 g/mol. The van der Waals surface area contributed by atoms with Gasteiger partial charge < -0.3 is 10.3 Å². The van der Waals surface area contributed by atoms with Gasteiger partial charge in [-0.25, -0.2) is 4.98 Å². The van der Waals surface area contributed by atoms with Gasteiger partial charge in [0.1, 0.15) is 5.82 Å². The van der Waals surface area contributed by atoms with Gasteiger partial charge in [-0.3, -0.25) is 4.68 Å². The average Bonchev–Trinajstić information content (AvgIpc) is 2.71. The molecule has 68 valence electrons. The molecule has 13 heavy (non-hydrogen) atoms. The van der Waals surface area contributed by atoms with E-state index in [1.165, 1.54) is 0 Å². The fraction of sp³-hybridized carbons (Fsp3) is 0.250. The SMILES string of the molecule is Cn1cc(NCc2ncc[nH]2)cn1. The van der Waals surface area contributed by atoms with Crippen molar-refractivity contribution in [1.82, 2.24) is 19.7 Å². The summed E-state index contributed by atoms with van der Waals surface area (Å²) in [6.07, 6.45) is 7.24. The number of aromatic nitrogens is 4. The molecule has 0 atom stereocenters. The van der Waals surface area contributed by atoms with E-state index in [2.05, 4.69) is 20.4 Å². The number of nitrogens with one attached hydrogen (secondary N) is 2. The highest BCUT2D eigenvalue weighted by Crippen LogP contribution is 2.04. The van der Waals surface area contributed by atoms with E-state index in [4.69, 9.17) is 0 Å². The van der Waals surface area contributed by atoms with Gasteiger partial charge in [-0.15, -0.1) is 0 Å². The molecular formula is C8H11N5. The summed E-state index contributed by atoms with van der Waals surface area (Å²) in [5, 5.41) is 7.23. The van der Waals surface area contributed by atoms with Crippen LogP contribution in [0.2, 0.25) is 0 Å². The van der Waals surface area contributed by atoms with Crippen molar-refractivity contribution >= 4 is 5.69 Å². The molecule has 0 aliphatic carbocycles. The Morgan fingerprint density at radius 3 is 3.15 bits per heavy atom. The van der Waals surface area contributed by atoms with Crippen LogP contribution in [0.15, 0.2) is 24.8 Å². The highest BCUT2D eigenvalue weighted by molar-refractivity contribution is 5.37. The second kappa shape index (κ2) is 3.30. The number of nitrogens with zero attached hydrogens (tertiary/aromatic N) is 3. The molecule has 2 N–H and O–H groups in total. The van der Waals surface area contributed by atoms with Gasteiger partial charge in [0.15, 0.2) is 0 Å². The number of aromatic amines is 1. The van der Waals surface area contributed by atoms with Crippen LogP contribution in [0, 0.1) is 0 Å². The number of imidazole rings is 1. The summed E-state index contributed by atoms with van der Waals surface area (Å²) in [6.45, 7) is 0.693. The lowest BCUT2D eigenvalue weighted by molar-refractivity contribution is 0.768. The lowest BCUT2D eigenvalue weighted by Gasteiger charge is -1.98. The molecule has 0 saturated carbocycles. The Morgan fingerprint density at radius 2 is 2.54 bits per heavy atom. The second-order valence-electron chi connectivity index (χ2n) is 2.79. The minimum absolute atomic E-state index is 0.693. The molecule has 2 aromatic rings. The van der Waals surface area contributed by atoms with Crippen LogP contribution in [0.5, 0.6) is 0 Å². The molecule has 0 unspecified atom stereocenters. The molecule has 5 nitrogen and oxygen atoms in total. The molecule has 2 rings (SSSR count).